The van der Waals surface area contributed by atoms with Gasteiger partial charge in [0.2, 0.25) is 0 Å². The van der Waals surface area contributed by atoms with Crippen LogP contribution in [0.2, 0.25) is 0 Å². The maximum Gasteiger partial charge on any atom is 0.0675 e. The van der Waals surface area contributed by atoms with E-state index in [0.717, 1.165) is 5.69 Å². The zero-order valence-electron chi connectivity index (χ0n) is 13.4. The summed E-state index contributed by atoms with van der Waals surface area (Å²) >= 11 is 0. The first-order valence-corrected chi connectivity index (χ1v) is 6.96. The van der Waals surface area contributed by atoms with E-state index in [-0.39, 0.29) is 20.4 Å². The Labute approximate surface area is 136 Å². The Hall–Kier alpha value is -0.908. The fourth-order valence-corrected chi connectivity index (χ4v) is 2.76. The molecule has 20 heavy (non-hydrogen) atoms. The Morgan fingerprint density at radius 2 is 1.45 bits per heavy atom. The smallest absolute Gasteiger partial charge is 0.0675 e. The molecule has 2 aromatic rings. The average molecular weight is 363 g/mol. The number of rotatable bonds is 2. The quantitative estimate of drug-likeness (QED) is 0.710. The van der Waals surface area contributed by atoms with Crippen molar-refractivity contribution >= 4 is 0 Å². The predicted molar refractivity (Wildman–Crippen MR) is 81.7 cm³/mol. The molecular formula is C17H24N2Pd. The van der Waals surface area contributed by atoms with Gasteiger partial charge < -0.3 is 0 Å². The second-order valence-corrected chi connectivity index (χ2v) is 5.82. The third-order valence-electron chi connectivity index (χ3n) is 4.03. The molecule has 0 N–H and O–H groups in total. The van der Waals surface area contributed by atoms with Gasteiger partial charge in [0.1, 0.15) is 0 Å². The van der Waals surface area contributed by atoms with Gasteiger partial charge in [0.25, 0.3) is 0 Å². The molecule has 0 atom stereocenters. The number of benzene rings is 1. The summed E-state index contributed by atoms with van der Waals surface area (Å²) in [5.41, 5.74) is 9.05. The number of hydrogen-bond donors (Lipinski definition) is 0. The molecular weight excluding hydrogens is 339 g/mol. The van der Waals surface area contributed by atoms with Gasteiger partial charge in [-0.2, -0.15) is 5.10 Å². The van der Waals surface area contributed by atoms with E-state index in [1.807, 2.05) is 0 Å². The maximum atomic E-state index is 4.68. The zero-order valence-corrected chi connectivity index (χ0v) is 15.0. The van der Waals surface area contributed by atoms with Gasteiger partial charge in [0, 0.05) is 37.7 Å². The minimum atomic E-state index is 0. The van der Waals surface area contributed by atoms with Crippen molar-refractivity contribution in [2.75, 3.05) is 0 Å². The van der Waals surface area contributed by atoms with Crippen molar-refractivity contribution in [1.82, 2.24) is 9.78 Å². The summed E-state index contributed by atoms with van der Waals surface area (Å²) in [6.45, 7) is 15.2. The van der Waals surface area contributed by atoms with Gasteiger partial charge in [-0.1, -0.05) is 12.1 Å². The van der Waals surface area contributed by atoms with E-state index >= 15 is 0 Å². The van der Waals surface area contributed by atoms with Crippen LogP contribution in [0, 0.1) is 34.6 Å². The Morgan fingerprint density at radius 3 is 1.85 bits per heavy atom. The summed E-state index contributed by atoms with van der Waals surface area (Å²) in [6.07, 6.45) is 0. The zero-order chi connectivity index (χ0) is 14.3. The van der Waals surface area contributed by atoms with Gasteiger partial charge in [0.15, 0.2) is 0 Å². The van der Waals surface area contributed by atoms with Gasteiger partial charge in [-0.05, 0) is 70.7 Å². The fourth-order valence-electron chi connectivity index (χ4n) is 2.76. The molecule has 0 radical (unpaired) electrons. The number of aromatic nitrogens is 2. The molecule has 1 heterocycles. The van der Waals surface area contributed by atoms with Crippen molar-refractivity contribution in [3.8, 4) is 11.1 Å². The molecule has 0 saturated carbocycles. The monoisotopic (exact) mass is 362 g/mol. The number of aryl methyl sites for hydroxylation is 3. The first kappa shape index (κ1) is 17.1. The summed E-state index contributed by atoms with van der Waals surface area (Å²) in [4.78, 5) is 0. The third kappa shape index (κ3) is 2.90. The molecule has 0 spiro atoms. The molecule has 0 aliphatic carbocycles. The number of hydrogen-bond acceptors (Lipinski definition) is 1. The third-order valence-corrected chi connectivity index (χ3v) is 4.03. The van der Waals surface area contributed by atoms with Crippen LogP contribution in [0.5, 0.6) is 0 Å². The van der Waals surface area contributed by atoms with Crippen molar-refractivity contribution in [2.45, 2.75) is 54.5 Å². The van der Waals surface area contributed by atoms with Crippen molar-refractivity contribution in [3.05, 3.63) is 40.2 Å². The standard InChI is InChI=1S/C17H24N2.Pd/c1-10(2)19-15(7)17(14(6)18-19)16-8-11(3)13(5)12(4)9-16;/h8-10H,1-7H3;. The molecule has 0 unspecified atom stereocenters. The van der Waals surface area contributed by atoms with Crippen LogP contribution < -0.4 is 0 Å². The topological polar surface area (TPSA) is 17.8 Å². The van der Waals surface area contributed by atoms with Crippen molar-refractivity contribution in [2.24, 2.45) is 0 Å². The summed E-state index contributed by atoms with van der Waals surface area (Å²) in [7, 11) is 0. The van der Waals surface area contributed by atoms with E-state index in [4.69, 9.17) is 0 Å². The van der Waals surface area contributed by atoms with Crippen LogP contribution in [-0.4, -0.2) is 9.78 Å². The second kappa shape index (κ2) is 6.25. The maximum absolute atomic E-state index is 4.68. The molecule has 0 aliphatic rings. The largest absolute Gasteiger partial charge is 0.266 e. The summed E-state index contributed by atoms with van der Waals surface area (Å²) in [6, 6.07) is 4.97. The van der Waals surface area contributed by atoms with Gasteiger partial charge >= 0.3 is 0 Å². The summed E-state index contributed by atoms with van der Waals surface area (Å²) in [5.74, 6) is 0. The second-order valence-electron chi connectivity index (χ2n) is 5.82. The van der Waals surface area contributed by atoms with Gasteiger partial charge in [-0.25, -0.2) is 0 Å². The fraction of sp³-hybridized carbons (Fsp3) is 0.471. The molecule has 0 amide bonds. The predicted octanol–water partition coefficient (Wildman–Crippen LogP) is 4.67. The van der Waals surface area contributed by atoms with Crippen molar-refractivity contribution < 1.29 is 20.4 Å². The van der Waals surface area contributed by atoms with Gasteiger partial charge in [0.05, 0.1) is 5.69 Å². The summed E-state index contributed by atoms with van der Waals surface area (Å²) in [5, 5.41) is 4.68. The van der Waals surface area contributed by atoms with Crippen LogP contribution in [0.4, 0.5) is 0 Å². The van der Waals surface area contributed by atoms with Crippen LogP contribution in [-0.2, 0) is 20.4 Å². The van der Waals surface area contributed by atoms with Crippen LogP contribution in [0.15, 0.2) is 12.1 Å². The SMILES string of the molecule is Cc1cc(-c2c(C)nn(C(C)C)c2C)cc(C)c1C.[Pd]. The van der Waals surface area contributed by atoms with Crippen molar-refractivity contribution in [1.29, 1.82) is 0 Å². The van der Waals surface area contributed by atoms with E-state index in [2.05, 4.69) is 70.4 Å². The first-order valence-electron chi connectivity index (χ1n) is 6.96. The molecule has 0 fully saturated rings. The molecule has 112 valence electrons. The molecule has 0 aliphatic heterocycles. The van der Waals surface area contributed by atoms with Crippen molar-refractivity contribution in [3.63, 3.8) is 0 Å². The Bertz CT molecular complexity index is 601. The van der Waals surface area contributed by atoms with E-state index in [0.29, 0.717) is 6.04 Å². The van der Waals surface area contributed by atoms with Gasteiger partial charge in [-0.15, -0.1) is 0 Å². The molecule has 3 heteroatoms. The van der Waals surface area contributed by atoms with Crippen LogP contribution >= 0.6 is 0 Å². The minimum Gasteiger partial charge on any atom is -0.266 e. The Balaban J connectivity index is 0.00000200. The normalized spacial score (nSPS) is 10.8. The van der Waals surface area contributed by atoms with Gasteiger partial charge in [-0.3, -0.25) is 4.68 Å². The van der Waals surface area contributed by atoms with E-state index in [1.165, 1.54) is 33.5 Å². The van der Waals surface area contributed by atoms with Crippen LogP contribution in [0.25, 0.3) is 11.1 Å². The Kier molecular flexibility index (Phi) is 5.35. The van der Waals surface area contributed by atoms with Crippen LogP contribution in [0.1, 0.15) is 48.0 Å². The van der Waals surface area contributed by atoms with Crippen LogP contribution in [0.3, 0.4) is 0 Å². The molecule has 2 nitrogen and oxygen atoms in total. The number of nitrogens with zero attached hydrogens (tertiary/aromatic N) is 2. The molecule has 2 rings (SSSR count). The molecule has 0 saturated heterocycles. The summed E-state index contributed by atoms with van der Waals surface area (Å²) < 4.78 is 2.12. The molecule has 1 aromatic carbocycles. The minimum absolute atomic E-state index is 0. The average Bonchev–Trinajstić information content (AvgIpc) is 2.61. The molecule has 1 aromatic heterocycles. The van der Waals surface area contributed by atoms with E-state index in [1.54, 1.807) is 0 Å². The molecule has 0 bridgehead atoms. The van der Waals surface area contributed by atoms with E-state index < -0.39 is 0 Å². The Morgan fingerprint density at radius 1 is 0.950 bits per heavy atom. The first-order chi connectivity index (χ1) is 8.82. The van der Waals surface area contributed by atoms with E-state index in [9.17, 15) is 0 Å².